The molecule has 0 spiro atoms. The maximum absolute atomic E-state index is 3.95. The number of hydrogen-bond donors (Lipinski definition) is 1. The van der Waals surface area contributed by atoms with Gasteiger partial charge in [-0.05, 0) is 12.6 Å². The van der Waals surface area contributed by atoms with Gasteiger partial charge in [0.1, 0.15) is 0 Å². The largest absolute Gasteiger partial charge is 0.301 e. The van der Waals surface area contributed by atoms with Crippen LogP contribution >= 0.6 is 22.5 Å². The van der Waals surface area contributed by atoms with Crippen LogP contribution in [0.2, 0.25) is 0 Å². The number of thiol groups is 1. The number of nitrogens with zero attached hydrogens (tertiary/aromatic N) is 1. The predicted molar refractivity (Wildman–Crippen MR) is 40.5 cm³/mol. The lowest BCUT2D eigenvalue weighted by atomic mass is 10.5. The van der Waals surface area contributed by atoms with Crippen molar-refractivity contribution in [2.45, 2.75) is 6.42 Å². The molecule has 0 aliphatic rings. The minimum atomic E-state index is 1.03. The van der Waals surface area contributed by atoms with Crippen molar-refractivity contribution in [2.75, 3.05) is 12.8 Å². The van der Waals surface area contributed by atoms with Crippen molar-refractivity contribution in [2.24, 2.45) is 4.99 Å². The maximum atomic E-state index is 3.95. The van der Waals surface area contributed by atoms with E-state index in [1.807, 2.05) is 6.21 Å². The van der Waals surface area contributed by atoms with Crippen LogP contribution in [-0.2, 0) is 0 Å². The standard InChI is InChI=1S/C4H9NS2/c1-5-3-2-4-7-6/h3,6H,2,4H2,1H3. The molecule has 0 unspecified atom stereocenters. The van der Waals surface area contributed by atoms with Gasteiger partial charge in [-0.25, -0.2) is 0 Å². The molecule has 3 heteroatoms. The second-order valence-corrected chi connectivity index (χ2v) is 2.50. The highest BCUT2D eigenvalue weighted by Gasteiger charge is 1.75. The van der Waals surface area contributed by atoms with Gasteiger partial charge >= 0.3 is 0 Å². The third-order valence-electron chi connectivity index (χ3n) is 0.521. The molecule has 0 heterocycles. The zero-order chi connectivity index (χ0) is 5.54. The summed E-state index contributed by atoms with van der Waals surface area (Å²) in [6, 6.07) is 0. The van der Waals surface area contributed by atoms with Gasteiger partial charge in [0.2, 0.25) is 0 Å². The van der Waals surface area contributed by atoms with Crippen LogP contribution in [0.15, 0.2) is 4.99 Å². The average molecular weight is 135 g/mol. The van der Waals surface area contributed by atoms with Crippen molar-refractivity contribution in [1.29, 1.82) is 0 Å². The number of rotatable bonds is 3. The minimum absolute atomic E-state index is 1.03. The molecular formula is C4H9NS2. The van der Waals surface area contributed by atoms with E-state index in [0.29, 0.717) is 0 Å². The molecular weight excluding hydrogens is 126 g/mol. The van der Waals surface area contributed by atoms with Gasteiger partial charge in [0.05, 0.1) is 0 Å². The summed E-state index contributed by atoms with van der Waals surface area (Å²) < 4.78 is 0. The van der Waals surface area contributed by atoms with Gasteiger partial charge in [-0.1, -0.05) is 10.8 Å². The quantitative estimate of drug-likeness (QED) is 0.269. The molecule has 0 aliphatic heterocycles. The number of hydrogen-bond acceptors (Lipinski definition) is 3. The van der Waals surface area contributed by atoms with E-state index in [9.17, 15) is 0 Å². The summed E-state index contributed by atoms with van der Waals surface area (Å²) in [6.45, 7) is 0. The van der Waals surface area contributed by atoms with Crippen molar-refractivity contribution in [3.63, 3.8) is 0 Å². The second kappa shape index (κ2) is 6.37. The Hall–Kier alpha value is 0.370. The van der Waals surface area contributed by atoms with Gasteiger partial charge in [0.25, 0.3) is 0 Å². The molecule has 1 nitrogen and oxygen atoms in total. The summed E-state index contributed by atoms with van der Waals surface area (Å²) in [5.74, 6) is 1.06. The Bertz CT molecular complexity index is 53.7. The molecule has 0 N–H and O–H groups in total. The molecule has 0 fully saturated rings. The monoisotopic (exact) mass is 135 g/mol. The Balaban J connectivity index is 2.69. The van der Waals surface area contributed by atoms with Crippen molar-refractivity contribution < 1.29 is 0 Å². The summed E-state index contributed by atoms with van der Waals surface area (Å²) >= 11 is 3.95. The molecule has 42 valence electrons. The highest BCUT2D eigenvalue weighted by Crippen LogP contribution is 2.03. The molecule has 0 saturated heterocycles. The summed E-state index contributed by atoms with van der Waals surface area (Å²) in [4.78, 5) is 3.80. The summed E-state index contributed by atoms with van der Waals surface area (Å²) in [5.41, 5.74) is 0. The van der Waals surface area contributed by atoms with Gasteiger partial charge in [-0.15, -0.1) is 11.7 Å². The third kappa shape index (κ3) is 6.37. The fraction of sp³-hybridized carbons (Fsp3) is 0.750. The van der Waals surface area contributed by atoms with Crippen LogP contribution in [0.5, 0.6) is 0 Å². The first-order valence-electron chi connectivity index (χ1n) is 2.08. The first kappa shape index (κ1) is 7.37. The van der Waals surface area contributed by atoms with E-state index in [0.717, 1.165) is 12.2 Å². The van der Waals surface area contributed by atoms with Crippen molar-refractivity contribution >= 4 is 28.7 Å². The zero-order valence-corrected chi connectivity index (χ0v) is 6.01. The molecule has 0 radical (unpaired) electrons. The molecule has 0 bridgehead atoms. The van der Waals surface area contributed by atoms with Crippen LogP contribution in [0.1, 0.15) is 6.42 Å². The first-order valence-corrected chi connectivity index (χ1v) is 4.12. The highest BCUT2D eigenvalue weighted by molar-refractivity contribution is 8.68. The Morgan fingerprint density at radius 3 is 3.00 bits per heavy atom. The van der Waals surface area contributed by atoms with Crippen LogP contribution in [0.3, 0.4) is 0 Å². The molecule has 0 aromatic rings. The Morgan fingerprint density at radius 1 is 1.86 bits per heavy atom. The molecule has 0 saturated carbocycles. The topological polar surface area (TPSA) is 12.4 Å². The normalized spacial score (nSPS) is 10.6. The van der Waals surface area contributed by atoms with E-state index in [4.69, 9.17) is 0 Å². The van der Waals surface area contributed by atoms with Crippen LogP contribution < -0.4 is 0 Å². The molecule has 0 rings (SSSR count). The van der Waals surface area contributed by atoms with E-state index in [1.54, 1.807) is 17.8 Å². The molecule has 0 aliphatic carbocycles. The lowest BCUT2D eigenvalue weighted by Crippen LogP contribution is -1.75. The number of aliphatic imine (C=N–C) groups is 1. The lowest BCUT2D eigenvalue weighted by Gasteiger charge is -1.82. The molecule has 0 atom stereocenters. The van der Waals surface area contributed by atoms with E-state index in [1.165, 1.54) is 0 Å². The van der Waals surface area contributed by atoms with Gasteiger partial charge in [0, 0.05) is 12.8 Å². The average Bonchev–Trinajstić information content (AvgIpc) is 1.69. The molecule has 7 heavy (non-hydrogen) atoms. The zero-order valence-electron chi connectivity index (χ0n) is 4.29. The van der Waals surface area contributed by atoms with Crippen molar-refractivity contribution in [3.05, 3.63) is 0 Å². The summed E-state index contributed by atoms with van der Waals surface area (Å²) in [5, 5.41) is 0. The van der Waals surface area contributed by atoms with E-state index in [2.05, 4.69) is 16.7 Å². The van der Waals surface area contributed by atoms with Crippen molar-refractivity contribution in [1.82, 2.24) is 0 Å². The smallest absolute Gasteiger partial charge is 0.0273 e. The Morgan fingerprint density at radius 2 is 2.57 bits per heavy atom. The predicted octanol–water partition coefficient (Wildman–Crippen LogP) is 1.66. The van der Waals surface area contributed by atoms with Gasteiger partial charge in [-0.3, -0.25) is 0 Å². The van der Waals surface area contributed by atoms with Crippen LogP contribution in [0, 0.1) is 0 Å². The second-order valence-electron chi connectivity index (χ2n) is 1.06. The minimum Gasteiger partial charge on any atom is -0.301 e. The Kier molecular flexibility index (Phi) is 6.71. The molecule has 0 aromatic carbocycles. The van der Waals surface area contributed by atoms with Crippen LogP contribution in [-0.4, -0.2) is 19.0 Å². The van der Waals surface area contributed by atoms with Crippen LogP contribution in [0.4, 0.5) is 0 Å². The van der Waals surface area contributed by atoms with E-state index in [-0.39, 0.29) is 0 Å². The van der Waals surface area contributed by atoms with Gasteiger partial charge in [-0.2, -0.15) is 0 Å². The molecule has 0 amide bonds. The third-order valence-corrected chi connectivity index (χ3v) is 1.49. The fourth-order valence-electron chi connectivity index (χ4n) is 0.235. The van der Waals surface area contributed by atoms with Gasteiger partial charge in [0.15, 0.2) is 0 Å². The van der Waals surface area contributed by atoms with Crippen molar-refractivity contribution in [3.8, 4) is 0 Å². The first-order chi connectivity index (χ1) is 3.41. The fourth-order valence-corrected chi connectivity index (χ4v) is 0.762. The van der Waals surface area contributed by atoms with Gasteiger partial charge < -0.3 is 4.99 Å². The van der Waals surface area contributed by atoms with Crippen LogP contribution in [0.25, 0.3) is 0 Å². The highest BCUT2D eigenvalue weighted by atomic mass is 33.1. The lowest BCUT2D eigenvalue weighted by molar-refractivity contribution is 1.32. The summed E-state index contributed by atoms with van der Waals surface area (Å²) in [7, 11) is 3.33. The summed E-state index contributed by atoms with van der Waals surface area (Å²) in [6.07, 6.45) is 2.92. The van der Waals surface area contributed by atoms with E-state index < -0.39 is 0 Å². The SMILES string of the molecule is CN=CCCSS. The molecule has 0 aromatic heterocycles. The maximum Gasteiger partial charge on any atom is 0.0273 e. The Labute approximate surface area is 53.4 Å². The van der Waals surface area contributed by atoms with E-state index >= 15 is 0 Å².